The van der Waals surface area contributed by atoms with Gasteiger partial charge < -0.3 is 9.73 Å². The molecule has 1 unspecified atom stereocenters. The van der Waals surface area contributed by atoms with Crippen molar-refractivity contribution in [3.63, 3.8) is 0 Å². The molecule has 140 valence electrons. The van der Waals surface area contributed by atoms with E-state index in [9.17, 15) is 4.79 Å². The van der Waals surface area contributed by atoms with Gasteiger partial charge in [0, 0.05) is 16.6 Å². The van der Waals surface area contributed by atoms with Crippen molar-refractivity contribution >= 4 is 34.1 Å². The van der Waals surface area contributed by atoms with E-state index in [1.54, 1.807) is 0 Å². The van der Waals surface area contributed by atoms with Gasteiger partial charge in [0.2, 0.25) is 11.8 Å². The number of aromatic nitrogens is 2. The Morgan fingerprint density at radius 3 is 2.61 bits per heavy atom. The molecule has 0 aliphatic rings. The smallest absolute Gasteiger partial charge is 0.277 e. The number of nitrogens with one attached hydrogen (secondary N) is 1. The van der Waals surface area contributed by atoms with Crippen LogP contribution in [0.2, 0.25) is 0 Å². The molecule has 0 radical (unpaired) electrons. The summed E-state index contributed by atoms with van der Waals surface area (Å²) < 4.78 is 5.75. The van der Waals surface area contributed by atoms with Crippen molar-refractivity contribution in [1.82, 2.24) is 10.2 Å². The highest BCUT2D eigenvalue weighted by Crippen LogP contribution is 2.29. The van der Waals surface area contributed by atoms with Crippen molar-refractivity contribution in [1.29, 1.82) is 0 Å². The lowest BCUT2D eigenvalue weighted by Gasteiger charge is -2.12. The quantitative estimate of drug-likeness (QED) is 0.468. The number of nitrogens with zero attached hydrogens (tertiary/aromatic N) is 2. The highest BCUT2D eigenvalue weighted by molar-refractivity contribution is 8.00. The predicted molar refractivity (Wildman–Crippen MR) is 112 cm³/mol. The standard InChI is InChI=1S/C22H19N3O2S/c1-14-8-3-5-11-17(14)21-24-25-22(27-21)28-15(2)20(26)23-19-13-7-10-16-9-4-6-12-18(16)19/h3-13,15H,1-2H3,(H,23,26). The summed E-state index contributed by atoms with van der Waals surface area (Å²) in [5, 5.41) is 13.3. The summed E-state index contributed by atoms with van der Waals surface area (Å²) in [4.78, 5) is 12.7. The Labute approximate surface area is 167 Å². The maximum absolute atomic E-state index is 12.7. The number of fused-ring (bicyclic) bond motifs is 1. The van der Waals surface area contributed by atoms with Crippen LogP contribution in [0.4, 0.5) is 5.69 Å². The molecular formula is C22H19N3O2S. The molecule has 0 bridgehead atoms. The molecule has 5 nitrogen and oxygen atoms in total. The van der Waals surface area contributed by atoms with Gasteiger partial charge in [-0.3, -0.25) is 4.79 Å². The molecule has 0 aliphatic carbocycles. The molecule has 4 rings (SSSR count). The Bertz CT molecular complexity index is 1130. The minimum absolute atomic E-state index is 0.114. The molecular weight excluding hydrogens is 370 g/mol. The fraction of sp³-hybridized carbons (Fsp3) is 0.136. The number of rotatable bonds is 5. The van der Waals surface area contributed by atoms with E-state index in [4.69, 9.17) is 4.42 Å². The molecule has 3 aromatic carbocycles. The minimum atomic E-state index is -0.385. The molecule has 1 aromatic heterocycles. The van der Waals surface area contributed by atoms with Crippen LogP contribution < -0.4 is 5.32 Å². The van der Waals surface area contributed by atoms with Crippen LogP contribution in [0.3, 0.4) is 0 Å². The van der Waals surface area contributed by atoms with Gasteiger partial charge in [0.15, 0.2) is 0 Å². The summed E-state index contributed by atoms with van der Waals surface area (Å²) in [7, 11) is 0. The first-order valence-corrected chi connectivity index (χ1v) is 9.84. The van der Waals surface area contributed by atoms with Gasteiger partial charge >= 0.3 is 0 Å². The van der Waals surface area contributed by atoms with Crippen LogP contribution in [0, 0.1) is 6.92 Å². The zero-order valence-electron chi connectivity index (χ0n) is 15.5. The van der Waals surface area contributed by atoms with Crippen LogP contribution in [0.5, 0.6) is 0 Å². The van der Waals surface area contributed by atoms with Gasteiger partial charge in [-0.1, -0.05) is 66.4 Å². The van der Waals surface area contributed by atoms with E-state index in [0.29, 0.717) is 11.1 Å². The Hall–Kier alpha value is -3.12. The number of anilines is 1. The van der Waals surface area contributed by atoms with Crippen LogP contribution in [0.15, 0.2) is 76.4 Å². The van der Waals surface area contributed by atoms with E-state index >= 15 is 0 Å². The van der Waals surface area contributed by atoms with Gasteiger partial charge in [-0.05, 0) is 36.9 Å². The number of thioether (sulfide) groups is 1. The zero-order valence-corrected chi connectivity index (χ0v) is 16.4. The van der Waals surface area contributed by atoms with Crippen molar-refractivity contribution in [3.8, 4) is 11.5 Å². The van der Waals surface area contributed by atoms with E-state index in [2.05, 4.69) is 15.5 Å². The topological polar surface area (TPSA) is 68.0 Å². The number of carbonyl (C=O) groups is 1. The maximum Gasteiger partial charge on any atom is 0.277 e. The maximum atomic E-state index is 12.7. The Balaban J connectivity index is 1.47. The summed E-state index contributed by atoms with van der Waals surface area (Å²) in [5.74, 6) is 0.347. The first-order valence-electron chi connectivity index (χ1n) is 8.96. The highest BCUT2D eigenvalue weighted by atomic mass is 32.2. The SMILES string of the molecule is Cc1ccccc1-c1nnc(SC(C)C(=O)Nc2cccc3ccccc23)o1. The Morgan fingerprint density at radius 2 is 1.75 bits per heavy atom. The fourth-order valence-corrected chi connectivity index (χ4v) is 3.64. The van der Waals surface area contributed by atoms with Crippen molar-refractivity contribution in [2.24, 2.45) is 0 Å². The second-order valence-corrected chi connectivity index (χ2v) is 7.76. The van der Waals surface area contributed by atoms with Crippen LogP contribution in [0.25, 0.3) is 22.2 Å². The first kappa shape index (κ1) is 18.3. The van der Waals surface area contributed by atoms with Gasteiger partial charge in [-0.2, -0.15) is 0 Å². The number of hydrogen-bond acceptors (Lipinski definition) is 5. The minimum Gasteiger partial charge on any atom is -0.411 e. The van der Waals surface area contributed by atoms with Gasteiger partial charge in [0.1, 0.15) is 0 Å². The molecule has 28 heavy (non-hydrogen) atoms. The van der Waals surface area contributed by atoms with E-state index in [1.807, 2.05) is 80.6 Å². The number of carbonyl (C=O) groups excluding carboxylic acids is 1. The summed E-state index contributed by atoms with van der Waals surface area (Å²) in [6.45, 7) is 3.81. The molecule has 1 heterocycles. The monoisotopic (exact) mass is 389 g/mol. The number of amides is 1. The summed E-state index contributed by atoms with van der Waals surface area (Å²) >= 11 is 1.25. The third-order valence-corrected chi connectivity index (χ3v) is 5.41. The second-order valence-electron chi connectivity index (χ2n) is 6.46. The first-order chi connectivity index (χ1) is 13.6. The highest BCUT2D eigenvalue weighted by Gasteiger charge is 2.20. The van der Waals surface area contributed by atoms with Crippen molar-refractivity contribution in [3.05, 3.63) is 72.3 Å². The third-order valence-electron chi connectivity index (χ3n) is 4.48. The molecule has 4 aromatic rings. The lowest BCUT2D eigenvalue weighted by molar-refractivity contribution is -0.115. The van der Waals surface area contributed by atoms with Crippen molar-refractivity contribution in [2.75, 3.05) is 5.32 Å². The second kappa shape index (κ2) is 7.86. The van der Waals surface area contributed by atoms with Gasteiger partial charge in [0.25, 0.3) is 5.22 Å². The van der Waals surface area contributed by atoms with Crippen LogP contribution in [-0.4, -0.2) is 21.4 Å². The van der Waals surface area contributed by atoms with Crippen LogP contribution in [0.1, 0.15) is 12.5 Å². The molecule has 1 amide bonds. The Morgan fingerprint density at radius 1 is 1.00 bits per heavy atom. The summed E-state index contributed by atoms with van der Waals surface area (Å²) in [6.07, 6.45) is 0. The van der Waals surface area contributed by atoms with E-state index < -0.39 is 0 Å². The average Bonchev–Trinajstić information content (AvgIpc) is 3.16. The zero-order chi connectivity index (χ0) is 19.5. The number of aryl methyl sites for hydroxylation is 1. The molecule has 1 atom stereocenters. The Kier molecular flexibility index (Phi) is 5.12. The number of benzene rings is 3. The van der Waals surface area contributed by atoms with Crippen molar-refractivity contribution < 1.29 is 9.21 Å². The molecule has 0 fully saturated rings. The third kappa shape index (κ3) is 3.77. The lowest BCUT2D eigenvalue weighted by atomic mass is 10.1. The molecule has 0 saturated heterocycles. The van der Waals surface area contributed by atoms with Gasteiger partial charge in [-0.15, -0.1) is 10.2 Å². The summed E-state index contributed by atoms with van der Waals surface area (Å²) in [6, 6.07) is 21.6. The molecule has 0 aliphatic heterocycles. The predicted octanol–water partition coefficient (Wildman–Crippen LogP) is 5.32. The molecule has 0 saturated carbocycles. The van der Waals surface area contributed by atoms with E-state index in [-0.39, 0.29) is 11.2 Å². The van der Waals surface area contributed by atoms with Crippen LogP contribution >= 0.6 is 11.8 Å². The average molecular weight is 389 g/mol. The largest absolute Gasteiger partial charge is 0.411 e. The molecule has 0 spiro atoms. The fourth-order valence-electron chi connectivity index (χ4n) is 2.95. The normalized spacial score (nSPS) is 12.1. The van der Waals surface area contributed by atoms with E-state index in [0.717, 1.165) is 27.6 Å². The van der Waals surface area contributed by atoms with Gasteiger partial charge in [-0.25, -0.2) is 0 Å². The van der Waals surface area contributed by atoms with Gasteiger partial charge in [0.05, 0.1) is 5.25 Å². The van der Waals surface area contributed by atoms with Crippen LogP contribution in [-0.2, 0) is 4.79 Å². The molecule has 1 N–H and O–H groups in total. The number of hydrogen-bond donors (Lipinski definition) is 1. The van der Waals surface area contributed by atoms with E-state index in [1.165, 1.54) is 11.8 Å². The summed E-state index contributed by atoms with van der Waals surface area (Å²) in [5.41, 5.74) is 2.75. The molecule has 6 heteroatoms. The lowest BCUT2D eigenvalue weighted by Crippen LogP contribution is -2.22. The van der Waals surface area contributed by atoms with Crippen molar-refractivity contribution in [2.45, 2.75) is 24.3 Å².